The van der Waals surface area contributed by atoms with E-state index in [2.05, 4.69) is 16.0 Å². The molecule has 0 atom stereocenters. The Morgan fingerprint density at radius 1 is 1.14 bits per heavy atom. The van der Waals surface area contributed by atoms with Crippen LogP contribution < -0.4 is 11.2 Å². The Morgan fingerprint density at radius 2 is 1.86 bits per heavy atom. The largest absolute Gasteiger partial charge is 0.332 e. The van der Waals surface area contributed by atoms with Crippen LogP contribution in [0.2, 0.25) is 0 Å². The molecule has 2 aromatic heterocycles. The number of nitrogens with zero attached hydrogens (tertiary/aromatic N) is 5. The Morgan fingerprint density at radius 3 is 2.50 bits per heavy atom. The monoisotopic (exact) mass is 395 g/mol. The molecule has 0 spiro atoms. The summed E-state index contributed by atoms with van der Waals surface area (Å²) in [5.41, 5.74) is 0.692. The minimum Gasteiger partial charge on any atom is -0.280 e. The number of rotatable bonds is 3. The first-order valence-corrected chi connectivity index (χ1v) is 9.72. The first-order chi connectivity index (χ1) is 13.1. The highest BCUT2D eigenvalue weighted by molar-refractivity contribution is 7.98. The van der Waals surface area contributed by atoms with Crippen molar-refractivity contribution in [1.29, 1.82) is 5.26 Å². The van der Waals surface area contributed by atoms with Crippen LogP contribution in [0.15, 0.2) is 38.9 Å². The molecule has 3 rings (SSSR count). The molecule has 2 heterocycles. The van der Waals surface area contributed by atoms with Gasteiger partial charge in [-0.05, 0) is 17.7 Å². The van der Waals surface area contributed by atoms with Crippen molar-refractivity contribution >= 4 is 22.8 Å². The predicted molar refractivity (Wildman–Crippen MR) is 109 cm³/mol. The Balaban J connectivity index is 2.20. The van der Waals surface area contributed by atoms with Gasteiger partial charge in [-0.15, -0.1) is 11.8 Å². The zero-order chi connectivity index (χ0) is 20.6. The molecule has 3 aromatic rings. The molecule has 0 aliphatic heterocycles. The first kappa shape index (κ1) is 19.8. The molecular formula is C20H21N5O2S. The average molecular weight is 395 g/mol. The molecule has 0 unspecified atom stereocenters. The molecule has 0 N–H and O–H groups in total. The third-order valence-corrected chi connectivity index (χ3v) is 5.42. The van der Waals surface area contributed by atoms with Gasteiger partial charge in [-0.1, -0.05) is 32.9 Å². The number of hydrogen-bond donors (Lipinski definition) is 0. The van der Waals surface area contributed by atoms with Crippen LogP contribution in [0.3, 0.4) is 0 Å². The predicted octanol–water partition coefficient (Wildman–Crippen LogP) is 2.49. The molecule has 0 aliphatic rings. The summed E-state index contributed by atoms with van der Waals surface area (Å²) in [6.45, 7) is 5.95. The second kappa shape index (κ2) is 7.24. The standard InChI is InChI=1S/C20H21N5O2S/c1-20(2,3)18-22-15-14(17(26)25(5)19(27)24(15)4)16(23-18)28-11-13-8-6-7-12(9-13)10-21/h6-9H,11H2,1-5H3. The molecule has 144 valence electrons. The van der Waals surface area contributed by atoms with Gasteiger partial charge in [0.1, 0.15) is 16.2 Å². The Kier molecular flexibility index (Phi) is 5.13. The van der Waals surface area contributed by atoms with Gasteiger partial charge in [0.25, 0.3) is 5.56 Å². The fourth-order valence-electron chi connectivity index (χ4n) is 2.75. The number of hydrogen-bond acceptors (Lipinski definition) is 6. The third kappa shape index (κ3) is 3.58. The lowest BCUT2D eigenvalue weighted by molar-refractivity contribution is 0.539. The Bertz CT molecular complexity index is 1230. The average Bonchev–Trinajstić information content (AvgIpc) is 2.67. The Hall–Kier alpha value is -2.92. The van der Waals surface area contributed by atoms with E-state index in [4.69, 9.17) is 5.26 Å². The molecule has 1 aromatic carbocycles. The van der Waals surface area contributed by atoms with Gasteiger partial charge in [-0.3, -0.25) is 13.9 Å². The molecule has 0 saturated carbocycles. The van der Waals surface area contributed by atoms with Crippen LogP contribution in [-0.4, -0.2) is 19.1 Å². The summed E-state index contributed by atoms with van der Waals surface area (Å²) in [6, 6.07) is 9.45. The van der Waals surface area contributed by atoms with Crippen LogP contribution in [0.5, 0.6) is 0 Å². The van der Waals surface area contributed by atoms with Crippen LogP contribution in [0.25, 0.3) is 11.0 Å². The number of aromatic nitrogens is 4. The first-order valence-electron chi connectivity index (χ1n) is 8.73. The van der Waals surface area contributed by atoms with Crippen molar-refractivity contribution in [2.75, 3.05) is 0 Å². The van der Waals surface area contributed by atoms with E-state index in [1.165, 1.54) is 23.4 Å². The molecule has 0 aliphatic carbocycles. The summed E-state index contributed by atoms with van der Waals surface area (Å²) in [5, 5.41) is 9.95. The van der Waals surface area contributed by atoms with E-state index in [1.54, 1.807) is 13.1 Å². The number of benzene rings is 1. The van der Waals surface area contributed by atoms with Crippen LogP contribution >= 0.6 is 11.8 Å². The molecule has 0 fully saturated rings. The lowest BCUT2D eigenvalue weighted by Crippen LogP contribution is -2.38. The second-order valence-corrected chi connectivity index (χ2v) is 8.57. The second-order valence-electron chi connectivity index (χ2n) is 7.61. The summed E-state index contributed by atoms with van der Waals surface area (Å²) in [4.78, 5) is 34.4. The number of fused-ring (bicyclic) bond motifs is 1. The SMILES string of the molecule is Cn1c(=O)c2c(SCc3cccc(C#N)c3)nc(C(C)(C)C)nc2n(C)c1=O. The van der Waals surface area contributed by atoms with Gasteiger partial charge in [-0.2, -0.15) is 5.26 Å². The van der Waals surface area contributed by atoms with Gasteiger partial charge >= 0.3 is 5.69 Å². The molecule has 0 bridgehead atoms. The van der Waals surface area contributed by atoms with Crippen molar-refractivity contribution in [3.05, 3.63) is 62.1 Å². The minimum atomic E-state index is -0.422. The van der Waals surface area contributed by atoms with Crippen molar-refractivity contribution in [3.63, 3.8) is 0 Å². The van der Waals surface area contributed by atoms with E-state index in [0.717, 1.165) is 10.1 Å². The fraction of sp³-hybridized carbons (Fsp3) is 0.350. The summed E-state index contributed by atoms with van der Waals surface area (Å²) >= 11 is 1.40. The molecule has 0 amide bonds. The molecule has 28 heavy (non-hydrogen) atoms. The quantitative estimate of drug-likeness (QED) is 0.500. The number of aryl methyl sites for hydroxylation is 1. The summed E-state index contributed by atoms with van der Waals surface area (Å²) in [5.74, 6) is 1.11. The van der Waals surface area contributed by atoms with Crippen LogP contribution in [0.4, 0.5) is 0 Å². The van der Waals surface area contributed by atoms with E-state index in [0.29, 0.717) is 33.2 Å². The van der Waals surface area contributed by atoms with Gasteiger partial charge in [0.05, 0.1) is 11.6 Å². The van der Waals surface area contributed by atoms with E-state index >= 15 is 0 Å². The fourth-order valence-corrected chi connectivity index (χ4v) is 3.71. The van der Waals surface area contributed by atoms with Crippen molar-refractivity contribution in [3.8, 4) is 6.07 Å². The highest BCUT2D eigenvalue weighted by atomic mass is 32.2. The topological polar surface area (TPSA) is 93.6 Å². The maximum Gasteiger partial charge on any atom is 0.332 e. The van der Waals surface area contributed by atoms with Gasteiger partial charge < -0.3 is 0 Å². The zero-order valence-electron chi connectivity index (χ0n) is 16.5. The normalized spacial score (nSPS) is 11.6. The van der Waals surface area contributed by atoms with Crippen molar-refractivity contribution in [2.45, 2.75) is 37.0 Å². The van der Waals surface area contributed by atoms with E-state index in [9.17, 15) is 9.59 Å². The molecular weight excluding hydrogens is 374 g/mol. The smallest absolute Gasteiger partial charge is 0.280 e. The molecule has 8 heteroatoms. The van der Waals surface area contributed by atoms with Crippen LogP contribution in [0, 0.1) is 11.3 Å². The summed E-state index contributed by atoms with van der Waals surface area (Å²) in [6.07, 6.45) is 0. The number of thioether (sulfide) groups is 1. The van der Waals surface area contributed by atoms with Crippen molar-refractivity contribution in [2.24, 2.45) is 14.1 Å². The Labute approximate surface area is 166 Å². The zero-order valence-corrected chi connectivity index (χ0v) is 17.3. The van der Waals surface area contributed by atoms with Gasteiger partial charge in [0.15, 0.2) is 5.65 Å². The summed E-state index contributed by atoms with van der Waals surface area (Å²) in [7, 11) is 3.06. The maximum absolute atomic E-state index is 12.8. The van der Waals surface area contributed by atoms with E-state index in [1.807, 2.05) is 39.0 Å². The van der Waals surface area contributed by atoms with Crippen LogP contribution in [-0.2, 0) is 25.3 Å². The molecule has 0 saturated heterocycles. The van der Waals surface area contributed by atoms with Crippen molar-refractivity contribution < 1.29 is 0 Å². The maximum atomic E-state index is 12.8. The molecule has 0 radical (unpaired) electrons. The van der Waals surface area contributed by atoms with Crippen molar-refractivity contribution in [1.82, 2.24) is 19.1 Å². The van der Waals surface area contributed by atoms with E-state index < -0.39 is 11.2 Å². The number of nitriles is 1. The highest BCUT2D eigenvalue weighted by Crippen LogP contribution is 2.29. The molecule has 7 nitrogen and oxygen atoms in total. The van der Waals surface area contributed by atoms with Gasteiger partial charge in [0.2, 0.25) is 0 Å². The minimum absolute atomic E-state index is 0.332. The summed E-state index contributed by atoms with van der Waals surface area (Å²) < 4.78 is 2.46. The lowest BCUT2D eigenvalue weighted by atomic mass is 9.96. The lowest BCUT2D eigenvalue weighted by Gasteiger charge is -2.19. The van der Waals surface area contributed by atoms with Gasteiger partial charge in [-0.25, -0.2) is 14.8 Å². The van der Waals surface area contributed by atoms with E-state index in [-0.39, 0.29) is 5.41 Å². The highest BCUT2D eigenvalue weighted by Gasteiger charge is 2.23. The third-order valence-electron chi connectivity index (χ3n) is 4.37. The van der Waals surface area contributed by atoms with Gasteiger partial charge in [0, 0.05) is 25.3 Å². The van der Waals surface area contributed by atoms with Crippen LogP contribution in [0.1, 0.15) is 37.7 Å².